The molecule has 0 saturated heterocycles. The van der Waals surface area contributed by atoms with Crippen LogP contribution >= 0.6 is 0 Å². The van der Waals surface area contributed by atoms with Crippen LogP contribution in [0, 0.1) is 31.0 Å². The Morgan fingerprint density at radius 3 is 2.55 bits per heavy atom. The highest BCUT2D eigenvalue weighted by atomic mass is 32.2. The molecule has 0 aliphatic rings. The van der Waals surface area contributed by atoms with Gasteiger partial charge in [-0.3, -0.25) is 4.21 Å². The molecule has 0 aromatic heterocycles. The predicted octanol–water partition coefficient (Wildman–Crippen LogP) is 3.62. The summed E-state index contributed by atoms with van der Waals surface area (Å²) in [5.74, 6) is -0.272. The summed E-state index contributed by atoms with van der Waals surface area (Å²) in [6, 6.07) is 11.6. The molecule has 102 valence electrons. The summed E-state index contributed by atoms with van der Waals surface area (Å²) in [5.41, 5.74) is 3.03. The fraction of sp³-hybridized carbons (Fsp3) is 0.188. The number of hydrogen-bond donors (Lipinski definition) is 0. The molecule has 20 heavy (non-hydrogen) atoms. The van der Waals surface area contributed by atoms with Crippen LogP contribution in [0.2, 0.25) is 0 Å². The highest BCUT2D eigenvalue weighted by molar-refractivity contribution is 7.84. The molecule has 0 fully saturated rings. The van der Waals surface area contributed by atoms with E-state index in [-0.39, 0.29) is 11.3 Å². The van der Waals surface area contributed by atoms with Crippen LogP contribution < -0.4 is 0 Å². The zero-order chi connectivity index (χ0) is 14.7. The van der Waals surface area contributed by atoms with Gasteiger partial charge >= 0.3 is 0 Å². The molecule has 0 aliphatic carbocycles. The van der Waals surface area contributed by atoms with Crippen LogP contribution in [0.25, 0.3) is 0 Å². The van der Waals surface area contributed by atoms with Crippen molar-refractivity contribution in [2.75, 3.05) is 0 Å². The zero-order valence-corrected chi connectivity index (χ0v) is 12.1. The van der Waals surface area contributed by atoms with Gasteiger partial charge in [-0.2, -0.15) is 5.26 Å². The molecule has 0 N–H and O–H groups in total. The first-order valence-corrected chi connectivity index (χ1v) is 7.46. The van der Waals surface area contributed by atoms with Crippen LogP contribution in [0.3, 0.4) is 0 Å². The van der Waals surface area contributed by atoms with Gasteiger partial charge in [0.05, 0.1) is 28.2 Å². The summed E-state index contributed by atoms with van der Waals surface area (Å²) >= 11 is 0. The monoisotopic (exact) mass is 287 g/mol. The third kappa shape index (κ3) is 3.31. The van der Waals surface area contributed by atoms with Crippen molar-refractivity contribution in [3.8, 4) is 6.07 Å². The van der Waals surface area contributed by atoms with Gasteiger partial charge < -0.3 is 0 Å². The van der Waals surface area contributed by atoms with Gasteiger partial charge in [-0.25, -0.2) is 4.39 Å². The molecule has 0 bridgehead atoms. The number of benzene rings is 2. The lowest BCUT2D eigenvalue weighted by molar-refractivity contribution is 0.625. The smallest absolute Gasteiger partial charge is 0.124 e. The summed E-state index contributed by atoms with van der Waals surface area (Å²) in [6.07, 6.45) is 0. The summed E-state index contributed by atoms with van der Waals surface area (Å²) in [7, 11) is -1.25. The summed E-state index contributed by atoms with van der Waals surface area (Å²) in [4.78, 5) is 0.718. The van der Waals surface area contributed by atoms with Gasteiger partial charge in [0.2, 0.25) is 0 Å². The van der Waals surface area contributed by atoms with Crippen molar-refractivity contribution in [3.63, 3.8) is 0 Å². The second-order valence-corrected chi connectivity index (χ2v) is 6.15. The van der Waals surface area contributed by atoms with E-state index in [1.807, 2.05) is 38.1 Å². The molecular weight excluding hydrogens is 273 g/mol. The molecule has 2 aromatic rings. The first kappa shape index (κ1) is 14.4. The Labute approximate surface area is 120 Å². The molecule has 0 saturated carbocycles. The second-order valence-electron chi connectivity index (χ2n) is 4.70. The topological polar surface area (TPSA) is 40.9 Å². The molecule has 0 spiro atoms. The lowest BCUT2D eigenvalue weighted by atomic mass is 10.1. The Kier molecular flexibility index (Phi) is 4.31. The molecule has 1 atom stereocenters. The summed E-state index contributed by atoms with van der Waals surface area (Å²) in [6.45, 7) is 3.96. The van der Waals surface area contributed by atoms with Gasteiger partial charge in [-0.1, -0.05) is 6.07 Å². The minimum Gasteiger partial charge on any atom is -0.254 e. The van der Waals surface area contributed by atoms with Crippen LogP contribution in [-0.4, -0.2) is 4.21 Å². The molecule has 0 amide bonds. The van der Waals surface area contributed by atoms with Crippen LogP contribution in [0.15, 0.2) is 41.3 Å². The number of halogens is 1. The zero-order valence-electron chi connectivity index (χ0n) is 11.3. The van der Waals surface area contributed by atoms with Crippen LogP contribution in [0.5, 0.6) is 0 Å². The van der Waals surface area contributed by atoms with Gasteiger partial charge in [0.25, 0.3) is 0 Å². The van der Waals surface area contributed by atoms with Gasteiger partial charge in [-0.05, 0) is 60.9 Å². The van der Waals surface area contributed by atoms with E-state index in [0.717, 1.165) is 16.0 Å². The quantitative estimate of drug-likeness (QED) is 0.865. The number of aryl methyl sites for hydroxylation is 2. The van der Waals surface area contributed by atoms with Crippen molar-refractivity contribution < 1.29 is 8.60 Å². The van der Waals surface area contributed by atoms with Crippen molar-refractivity contribution in [2.24, 2.45) is 0 Å². The van der Waals surface area contributed by atoms with Crippen molar-refractivity contribution in [2.45, 2.75) is 24.5 Å². The number of hydrogen-bond acceptors (Lipinski definition) is 2. The average molecular weight is 287 g/mol. The van der Waals surface area contributed by atoms with Crippen LogP contribution in [0.4, 0.5) is 4.39 Å². The molecule has 2 nitrogen and oxygen atoms in total. The van der Waals surface area contributed by atoms with Gasteiger partial charge in [0.1, 0.15) is 5.82 Å². The van der Waals surface area contributed by atoms with E-state index in [2.05, 4.69) is 0 Å². The highest BCUT2D eigenvalue weighted by Gasteiger charge is 2.08. The largest absolute Gasteiger partial charge is 0.254 e. The summed E-state index contributed by atoms with van der Waals surface area (Å²) < 4.78 is 25.6. The van der Waals surface area contributed by atoms with Gasteiger partial charge in [0, 0.05) is 4.90 Å². The Hall–Kier alpha value is -1.99. The maximum atomic E-state index is 13.3. The third-order valence-electron chi connectivity index (χ3n) is 3.13. The maximum absolute atomic E-state index is 13.3. The third-order valence-corrected chi connectivity index (χ3v) is 4.50. The predicted molar refractivity (Wildman–Crippen MR) is 77.1 cm³/mol. The Morgan fingerprint density at radius 2 is 1.90 bits per heavy atom. The van der Waals surface area contributed by atoms with E-state index in [1.54, 1.807) is 6.07 Å². The van der Waals surface area contributed by atoms with Crippen molar-refractivity contribution in [1.82, 2.24) is 0 Å². The van der Waals surface area contributed by atoms with Crippen molar-refractivity contribution in [1.29, 1.82) is 5.26 Å². The van der Waals surface area contributed by atoms with E-state index in [4.69, 9.17) is 5.26 Å². The average Bonchev–Trinajstić information content (AvgIpc) is 2.41. The van der Waals surface area contributed by atoms with Crippen LogP contribution in [0.1, 0.15) is 22.3 Å². The molecule has 2 aromatic carbocycles. The van der Waals surface area contributed by atoms with Crippen molar-refractivity contribution >= 4 is 10.8 Å². The number of nitriles is 1. The molecule has 1 unspecified atom stereocenters. The lowest BCUT2D eigenvalue weighted by Gasteiger charge is -2.06. The van der Waals surface area contributed by atoms with E-state index < -0.39 is 16.6 Å². The Balaban J connectivity index is 2.25. The minimum absolute atomic E-state index is 0.203. The molecular formula is C16H14FNOS. The highest BCUT2D eigenvalue weighted by Crippen LogP contribution is 2.18. The first-order valence-electron chi connectivity index (χ1n) is 6.15. The normalized spacial score (nSPS) is 11.9. The molecule has 4 heteroatoms. The molecule has 0 radical (unpaired) electrons. The van der Waals surface area contributed by atoms with Gasteiger partial charge in [0.15, 0.2) is 0 Å². The van der Waals surface area contributed by atoms with E-state index in [9.17, 15) is 8.60 Å². The fourth-order valence-corrected chi connectivity index (χ4v) is 3.05. The SMILES string of the molecule is Cc1ccc(S(=O)Cc2cc(F)cc(C#N)c2)cc1C. The number of nitrogens with zero attached hydrogens (tertiary/aromatic N) is 1. The first-order chi connectivity index (χ1) is 9.49. The maximum Gasteiger partial charge on any atom is 0.124 e. The lowest BCUT2D eigenvalue weighted by Crippen LogP contribution is -1.99. The molecule has 0 aliphatic heterocycles. The molecule has 2 rings (SSSR count). The number of rotatable bonds is 3. The van der Waals surface area contributed by atoms with E-state index in [0.29, 0.717) is 5.56 Å². The molecule has 0 heterocycles. The standard InChI is InChI=1S/C16H14FNOS/c1-11-3-4-16(5-12(11)2)20(19)10-14-6-13(9-18)7-15(17)8-14/h3-8H,10H2,1-2H3. The summed E-state index contributed by atoms with van der Waals surface area (Å²) in [5, 5.41) is 8.81. The van der Waals surface area contributed by atoms with E-state index in [1.165, 1.54) is 12.1 Å². The Bertz CT molecular complexity index is 719. The minimum atomic E-state index is -1.25. The second kappa shape index (κ2) is 5.98. The Morgan fingerprint density at radius 1 is 1.15 bits per heavy atom. The van der Waals surface area contributed by atoms with Crippen LogP contribution in [-0.2, 0) is 16.6 Å². The van der Waals surface area contributed by atoms with E-state index >= 15 is 0 Å². The fourth-order valence-electron chi connectivity index (χ4n) is 1.89. The van der Waals surface area contributed by atoms with Gasteiger partial charge in [-0.15, -0.1) is 0 Å². The van der Waals surface area contributed by atoms with Crippen molar-refractivity contribution in [3.05, 3.63) is 64.5 Å².